The summed E-state index contributed by atoms with van der Waals surface area (Å²) >= 11 is 0. The Labute approximate surface area is 174 Å². The molecule has 2 aromatic carbocycles. The Morgan fingerprint density at radius 1 is 1.10 bits per heavy atom. The number of rotatable bonds is 9. The zero-order chi connectivity index (χ0) is 22.3. The van der Waals surface area contributed by atoms with Crippen molar-refractivity contribution in [3.8, 4) is 5.75 Å². The van der Waals surface area contributed by atoms with Crippen LogP contribution >= 0.6 is 0 Å². The van der Waals surface area contributed by atoms with Crippen molar-refractivity contribution in [2.24, 2.45) is 0 Å². The molecule has 0 fully saturated rings. The third-order valence-corrected chi connectivity index (χ3v) is 4.49. The van der Waals surface area contributed by atoms with Crippen molar-refractivity contribution >= 4 is 24.2 Å². The Morgan fingerprint density at radius 3 is 2.33 bits per heavy atom. The third-order valence-electron chi connectivity index (χ3n) is 4.49. The molecular weight excluding hydrogens is 389 g/mol. The summed E-state index contributed by atoms with van der Waals surface area (Å²) in [7, 11) is 3.08. The van der Waals surface area contributed by atoms with E-state index in [-0.39, 0.29) is 28.4 Å². The van der Waals surface area contributed by atoms with E-state index in [2.05, 4.69) is 10.6 Å². The van der Waals surface area contributed by atoms with Gasteiger partial charge in [0.15, 0.2) is 18.3 Å². The van der Waals surface area contributed by atoms with Crippen molar-refractivity contribution in [3.63, 3.8) is 0 Å². The first-order valence-corrected chi connectivity index (χ1v) is 9.30. The highest BCUT2D eigenvalue weighted by Gasteiger charge is 2.19. The zero-order valence-electron chi connectivity index (χ0n) is 17.0. The van der Waals surface area contributed by atoms with Gasteiger partial charge in [0.05, 0.1) is 17.3 Å². The van der Waals surface area contributed by atoms with Crippen LogP contribution in [0.5, 0.6) is 5.75 Å². The van der Waals surface area contributed by atoms with Gasteiger partial charge in [-0.25, -0.2) is 4.39 Å². The molecule has 0 aliphatic heterocycles. The first-order valence-electron chi connectivity index (χ1n) is 9.30. The molecule has 2 aromatic rings. The average molecular weight is 413 g/mol. The van der Waals surface area contributed by atoms with Gasteiger partial charge in [0.2, 0.25) is 0 Å². The predicted octanol–water partition coefficient (Wildman–Crippen LogP) is 3.00. The average Bonchev–Trinajstić information content (AvgIpc) is 2.74. The quantitative estimate of drug-likeness (QED) is 0.332. The normalized spacial score (nSPS) is 12.4. The van der Waals surface area contributed by atoms with E-state index in [9.17, 15) is 23.9 Å². The molecule has 30 heavy (non-hydrogen) atoms. The molecule has 0 spiro atoms. The van der Waals surface area contributed by atoms with Crippen molar-refractivity contribution in [2.45, 2.75) is 19.4 Å². The van der Waals surface area contributed by atoms with Crippen LogP contribution in [0.2, 0.25) is 0 Å². The molecule has 0 aliphatic carbocycles. The van der Waals surface area contributed by atoms with Gasteiger partial charge in [0.25, 0.3) is 5.91 Å². The number of benzene rings is 2. The second-order valence-corrected chi connectivity index (χ2v) is 6.72. The molecule has 8 heteroatoms. The van der Waals surface area contributed by atoms with Crippen LogP contribution in [0.25, 0.3) is 0 Å². The maximum Gasteiger partial charge on any atom is 0.257 e. The number of phenols is 1. The number of aromatic hydroxyl groups is 1. The number of para-hydroxylation sites is 1. The molecule has 0 aliphatic rings. The van der Waals surface area contributed by atoms with Crippen LogP contribution in [0.3, 0.4) is 0 Å². The first-order chi connectivity index (χ1) is 14.3. The number of anilines is 1. The zero-order valence-corrected chi connectivity index (χ0v) is 17.0. The Kier molecular flexibility index (Phi) is 7.69. The molecule has 0 heterocycles. The number of nitrogens with one attached hydrogen (secondary N) is 2. The number of nitrogens with zero attached hydrogens (tertiary/aromatic N) is 1. The minimum atomic E-state index is -0.557. The number of hydrogen-bond acceptors (Lipinski definition) is 6. The minimum Gasteiger partial charge on any atom is -0.505 e. The number of halogens is 1. The van der Waals surface area contributed by atoms with Crippen LogP contribution in [-0.4, -0.2) is 42.6 Å². The maximum absolute atomic E-state index is 14.2. The molecule has 1 amide bonds. The first kappa shape index (κ1) is 22.6. The fraction of sp³-hybridized carbons (Fsp3) is 0.227. The van der Waals surface area contributed by atoms with Crippen LogP contribution in [0.15, 0.2) is 53.9 Å². The van der Waals surface area contributed by atoms with Crippen molar-refractivity contribution in [1.29, 1.82) is 0 Å². The van der Waals surface area contributed by atoms with E-state index in [0.29, 0.717) is 24.6 Å². The largest absolute Gasteiger partial charge is 0.505 e. The molecule has 0 saturated heterocycles. The lowest BCUT2D eigenvalue weighted by molar-refractivity contribution is -0.107. The third kappa shape index (κ3) is 5.02. The van der Waals surface area contributed by atoms with Crippen molar-refractivity contribution in [2.75, 3.05) is 19.4 Å². The van der Waals surface area contributed by atoms with E-state index in [0.717, 1.165) is 0 Å². The summed E-state index contributed by atoms with van der Waals surface area (Å²) in [5.41, 5.74) is 0.193. The van der Waals surface area contributed by atoms with Crippen molar-refractivity contribution < 1.29 is 23.9 Å². The van der Waals surface area contributed by atoms with Crippen LogP contribution in [0, 0.1) is 5.82 Å². The standard InChI is InChI=1S/C22H24FN3O4/c1-4-17(14-8-5-6-10-16(14)23)24-19(12-27)20(13-28)25-18-11-7-9-15(21(18)29)22(30)26(2)3/h5-13,17,24-25,29H,4H2,1-3H3/b20-19-. The Balaban J connectivity index is 2.39. The number of amides is 1. The van der Waals surface area contributed by atoms with E-state index in [1.807, 2.05) is 6.92 Å². The van der Waals surface area contributed by atoms with Gasteiger partial charge in [-0.1, -0.05) is 31.2 Å². The molecule has 158 valence electrons. The maximum atomic E-state index is 14.2. The number of phenolic OH excluding ortho intramolecular Hbond substituents is 1. The second-order valence-electron chi connectivity index (χ2n) is 6.72. The molecule has 3 N–H and O–H groups in total. The summed E-state index contributed by atoms with van der Waals surface area (Å²) in [6.45, 7) is 1.81. The lowest BCUT2D eigenvalue weighted by atomic mass is 10.0. The van der Waals surface area contributed by atoms with Gasteiger partial charge in [0, 0.05) is 19.7 Å². The van der Waals surface area contributed by atoms with E-state index >= 15 is 0 Å². The number of aldehydes is 2. The fourth-order valence-corrected chi connectivity index (χ4v) is 2.88. The molecule has 0 bridgehead atoms. The van der Waals surface area contributed by atoms with Gasteiger partial charge < -0.3 is 20.6 Å². The van der Waals surface area contributed by atoms with Gasteiger partial charge in [0.1, 0.15) is 17.2 Å². The number of carbonyl (C=O) groups excluding carboxylic acids is 3. The fourth-order valence-electron chi connectivity index (χ4n) is 2.88. The van der Waals surface area contributed by atoms with Gasteiger partial charge in [-0.05, 0) is 24.6 Å². The van der Waals surface area contributed by atoms with Gasteiger partial charge in [-0.15, -0.1) is 0 Å². The highest BCUT2D eigenvalue weighted by Crippen LogP contribution is 2.29. The lowest BCUT2D eigenvalue weighted by Crippen LogP contribution is -2.25. The van der Waals surface area contributed by atoms with Gasteiger partial charge in [-0.2, -0.15) is 0 Å². The molecular formula is C22H24FN3O4. The van der Waals surface area contributed by atoms with Crippen LogP contribution in [-0.2, 0) is 9.59 Å². The van der Waals surface area contributed by atoms with E-state index in [1.165, 1.54) is 29.2 Å². The Hall–Kier alpha value is -3.68. The molecule has 2 rings (SSSR count). The van der Waals surface area contributed by atoms with Gasteiger partial charge >= 0.3 is 0 Å². The SMILES string of the molecule is CCC(N/C(C=O)=C(/C=O)Nc1cccc(C(=O)N(C)C)c1O)c1ccccc1F. The van der Waals surface area contributed by atoms with E-state index in [1.54, 1.807) is 32.3 Å². The Bertz CT molecular complexity index is 973. The number of carbonyl (C=O) groups is 3. The summed E-state index contributed by atoms with van der Waals surface area (Å²) in [6.07, 6.45) is 1.29. The molecule has 1 unspecified atom stereocenters. The van der Waals surface area contributed by atoms with Crippen molar-refractivity contribution in [1.82, 2.24) is 10.2 Å². The Morgan fingerprint density at radius 2 is 1.77 bits per heavy atom. The summed E-state index contributed by atoms with van der Waals surface area (Å²) in [6, 6.07) is 10.0. The summed E-state index contributed by atoms with van der Waals surface area (Å²) in [4.78, 5) is 36.8. The smallest absolute Gasteiger partial charge is 0.257 e. The highest BCUT2D eigenvalue weighted by molar-refractivity contribution is 5.99. The lowest BCUT2D eigenvalue weighted by Gasteiger charge is -2.21. The summed E-state index contributed by atoms with van der Waals surface area (Å²) in [5, 5.41) is 16.0. The number of allylic oxidation sites excluding steroid dienone is 2. The summed E-state index contributed by atoms with van der Waals surface area (Å²) < 4.78 is 14.2. The molecule has 7 nitrogen and oxygen atoms in total. The minimum absolute atomic E-state index is 0.0358. The summed E-state index contributed by atoms with van der Waals surface area (Å²) in [5.74, 6) is -1.22. The molecule has 0 saturated carbocycles. The molecule has 0 radical (unpaired) electrons. The monoisotopic (exact) mass is 413 g/mol. The van der Waals surface area contributed by atoms with Crippen molar-refractivity contribution in [3.05, 3.63) is 70.8 Å². The van der Waals surface area contributed by atoms with Gasteiger partial charge in [-0.3, -0.25) is 14.4 Å². The number of hydrogen-bond donors (Lipinski definition) is 3. The van der Waals surface area contributed by atoms with Crippen LogP contribution in [0.1, 0.15) is 35.3 Å². The molecule has 0 aromatic heterocycles. The topological polar surface area (TPSA) is 98.7 Å². The van der Waals surface area contributed by atoms with Crippen LogP contribution in [0.4, 0.5) is 10.1 Å². The van der Waals surface area contributed by atoms with E-state index in [4.69, 9.17) is 0 Å². The second kappa shape index (κ2) is 10.2. The highest BCUT2D eigenvalue weighted by atomic mass is 19.1. The molecule has 1 atom stereocenters. The van der Waals surface area contributed by atoms with E-state index < -0.39 is 17.8 Å². The van der Waals surface area contributed by atoms with Crippen LogP contribution < -0.4 is 10.6 Å². The predicted molar refractivity (Wildman–Crippen MR) is 111 cm³/mol.